The molecule has 1 heterocycles. The second kappa shape index (κ2) is 7.12. The molecule has 2 N–H and O–H groups in total. The monoisotopic (exact) mass is 348 g/mol. The number of rotatable bonds is 5. The number of thioether (sulfide) groups is 1. The zero-order valence-corrected chi connectivity index (χ0v) is 13.5. The average Bonchev–Trinajstić information content (AvgIpc) is 2.88. The maximum Gasteiger partial charge on any atom is 0.234 e. The van der Waals surface area contributed by atoms with Gasteiger partial charge in [-0.2, -0.15) is 0 Å². The Kier molecular flexibility index (Phi) is 5.47. The van der Waals surface area contributed by atoms with Gasteiger partial charge in [0, 0.05) is 12.1 Å². The summed E-state index contributed by atoms with van der Waals surface area (Å²) in [7, 11) is 1.77. The van der Waals surface area contributed by atoms with Crippen molar-refractivity contribution >= 4 is 63.0 Å². The van der Waals surface area contributed by atoms with Gasteiger partial charge in [-0.25, -0.2) is 0 Å². The summed E-state index contributed by atoms with van der Waals surface area (Å²) >= 11 is 14.5. The third kappa shape index (κ3) is 4.24. The van der Waals surface area contributed by atoms with E-state index >= 15 is 0 Å². The molecule has 0 spiro atoms. The second-order valence-corrected chi connectivity index (χ2v) is 6.63. The van der Waals surface area contributed by atoms with E-state index in [0.717, 1.165) is 4.34 Å². The largest absolute Gasteiger partial charge is 0.363 e. The number of nitrogens with one attached hydrogen (secondary N) is 2. The number of nitrogens with zero attached hydrogens (tertiary/aromatic N) is 2. The number of carbonyl (C=O) groups is 1. The highest BCUT2D eigenvalue weighted by atomic mass is 35.5. The first-order valence-electron chi connectivity index (χ1n) is 5.47. The topological polar surface area (TPSA) is 66.9 Å². The normalized spacial score (nSPS) is 10.3. The summed E-state index contributed by atoms with van der Waals surface area (Å²) in [6, 6.07) is 4.91. The molecule has 0 atom stereocenters. The van der Waals surface area contributed by atoms with E-state index in [1.165, 1.54) is 23.1 Å². The van der Waals surface area contributed by atoms with E-state index in [0.29, 0.717) is 20.9 Å². The number of aromatic nitrogens is 2. The lowest BCUT2D eigenvalue weighted by Gasteiger charge is -2.06. The van der Waals surface area contributed by atoms with E-state index in [1.54, 1.807) is 25.2 Å². The predicted molar refractivity (Wildman–Crippen MR) is 85.3 cm³/mol. The Morgan fingerprint density at radius 3 is 2.85 bits per heavy atom. The Balaban J connectivity index is 1.89. The third-order valence-electron chi connectivity index (χ3n) is 2.15. The summed E-state index contributed by atoms with van der Waals surface area (Å²) < 4.78 is 0.728. The zero-order valence-electron chi connectivity index (χ0n) is 10.3. The Morgan fingerprint density at radius 2 is 2.20 bits per heavy atom. The Bertz CT molecular complexity index is 620. The maximum atomic E-state index is 11.8. The van der Waals surface area contributed by atoms with Crippen molar-refractivity contribution in [2.75, 3.05) is 23.4 Å². The summed E-state index contributed by atoms with van der Waals surface area (Å²) in [5, 5.41) is 15.1. The van der Waals surface area contributed by atoms with Gasteiger partial charge < -0.3 is 10.6 Å². The summed E-state index contributed by atoms with van der Waals surface area (Å²) in [5.41, 5.74) is 0.537. The number of carbonyl (C=O) groups excluding carboxylic acids is 1. The molecule has 2 aromatic rings. The average molecular weight is 349 g/mol. The van der Waals surface area contributed by atoms with Gasteiger partial charge in [-0.15, -0.1) is 10.2 Å². The van der Waals surface area contributed by atoms with Crippen LogP contribution in [-0.2, 0) is 4.79 Å². The van der Waals surface area contributed by atoms with Crippen molar-refractivity contribution in [3.8, 4) is 0 Å². The van der Waals surface area contributed by atoms with Crippen molar-refractivity contribution in [2.24, 2.45) is 0 Å². The van der Waals surface area contributed by atoms with Gasteiger partial charge in [0.25, 0.3) is 0 Å². The van der Waals surface area contributed by atoms with Crippen LogP contribution in [0.2, 0.25) is 10.0 Å². The molecule has 106 valence electrons. The van der Waals surface area contributed by atoms with Crippen LogP contribution in [0, 0.1) is 0 Å². The quantitative estimate of drug-likeness (QED) is 0.807. The van der Waals surface area contributed by atoms with Crippen LogP contribution >= 0.6 is 46.3 Å². The van der Waals surface area contributed by atoms with Crippen LogP contribution in [0.3, 0.4) is 0 Å². The smallest absolute Gasteiger partial charge is 0.234 e. The SMILES string of the molecule is CNc1nnc(SCC(=O)Nc2ccc(Cl)cc2Cl)s1. The van der Waals surface area contributed by atoms with Gasteiger partial charge in [-0.1, -0.05) is 46.3 Å². The third-order valence-corrected chi connectivity index (χ3v) is 4.77. The number of anilines is 2. The summed E-state index contributed by atoms with van der Waals surface area (Å²) in [6.07, 6.45) is 0. The van der Waals surface area contributed by atoms with Gasteiger partial charge in [0.2, 0.25) is 11.0 Å². The molecule has 5 nitrogen and oxygen atoms in total. The van der Waals surface area contributed by atoms with E-state index in [1.807, 2.05) is 0 Å². The molecule has 1 aromatic carbocycles. The zero-order chi connectivity index (χ0) is 14.5. The van der Waals surface area contributed by atoms with Crippen LogP contribution in [0.4, 0.5) is 10.8 Å². The molecule has 1 aromatic heterocycles. The molecule has 0 bridgehead atoms. The van der Waals surface area contributed by atoms with E-state index in [9.17, 15) is 4.79 Å². The van der Waals surface area contributed by atoms with Crippen LogP contribution < -0.4 is 10.6 Å². The highest BCUT2D eigenvalue weighted by molar-refractivity contribution is 8.01. The standard InChI is InChI=1S/C11H10Cl2N4OS2/c1-14-10-16-17-11(20-10)19-5-9(18)15-8-3-2-6(12)4-7(8)13/h2-4H,5H2,1H3,(H,14,16)(H,15,18). The molecule has 9 heteroatoms. The maximum absolute atomic E-state index is 11.8. The molecule has 0 fully saturated rings. The molecule has 0 saturated heterocycles. The molecule has 20 heavy (non-hydrogen) atoms. The van der Waals surface area contributed by atoms with Gasteiger partial charge in [-0.3, -0.25) is 4.79 Å². The first-order chi connectivity index (χ1) is 9.58. The summed E-state index contributed by atoms with van der Waals surface area (Å²) in [4.78, 5) is 11.8. The lowest BCUT2D eigenvalue weighted by molar-refractivity contribution is -0.113. The van der Waals surface area contributed by atoms with Crippen molar-refractivity contribution in [2.45, 2.75) is 4.34 Å². The second-order valence-electron chi connectivity index (χ2n) is 3.58. The van der Waals surface area contributed by atoms with Gasteiger partial charge >= 0.3 is 0 Å². The van der Waals surface area contributed by atoms with Crippen molar-refractivity contribution < 1.29 is 4.79 Å². The number of hydrogen-bond acceptors (Lipinski definition) is 6. The van der Waals surface area contributed by atoms with E-state index in [2.05, 4.69) is 20.8 Å². The van der Waals surface area contributed by atoms with Crippen LogP contribution in [0.25, 0.3) is 0 Å². The molecular formula is C11H10Cl2N4OS2. The van der Waals surface area contributed by atoms with Crippen LogP contribution in [0.1, 0.15) is 0 Å². The molecule has 0 aliphatic rings. The molecule has 0 radical (unpaired) electrons. The highest BCUT2D eigenvalue weighted by Crippen LogP contribution is 2.27. The van der Waals surface area contributed by atoms with Gasteiger partial charge in [-0.05, 0) is 18.2 Å². The molecule has 0 saturated carbocycles. The van der Waals surface area contributed by atoms with Crippen molar-refractivity contribution in [3.63, 3.8) is 0 Å². The molecule has 0 aliphatic heterocycles. The van der Waals surface area contributed by atoms with E-state index in [-0.39, 0.29) is 11.7 Å². The lowest BCUT2D eigenvalue weighted by Crippen LogP contribution is -2.14. The molecule has 2 rings (SSSR count). The first-order valence-corrected chi connectivity index (χ1v) is 8.03. The predicted octanol–water partition coefficient (Wildman–Crippen LogP) is 3.62. The van der Waals surface area contributed by atoms with Crippen LogP contribution in [0.15, 0.2) is 22.5 Å². The van der Waals surface area contributed by atoms with Crippen molar-refractivity contribution in [3.05, 3.63) is 28.2 Å². The Labute approximate surface area is 134 Å². The fourth-order valence-corrected chi connectivity index (χ4v) is 3.23. The minimum atomic E-state index is -0.166. The van der Waals surface area contributed by atoms with Gasteiger partial charge in [0.05, 0.1) is 16.5 Å². The molecule has 0 unspecified atom stereocenters. The highest BCUT2D eigenvalue weighted by Gasteiger charge is 2.09. The summed E-state index contributed by atoms with van der Waals surface area (Å²) in [6.45, 7) is 0. The lowest BCUT2D eigenvalue weighted by atomic mass is 10.3. The molecule has 0 aliphatic carbocycles. The van der Waals surface area contributed by atoms with Crippen molar-refractivity contribution in [1.82, 2.24) is 10.2 Å². The van der Waals surface area contributed by atoms with Crippen molar-refractivity contribution in [1.29, 1.82) is 0 Å². The number of benzene rings is 1. The molecular weight excluding hydrogens is 339 g/mol. The summed E-state index contributed by atoms with van der Waals surface area (Å²) in [5.74, 6) is 0.0672. The Morgan fingerprint density at radius 1 is 1.40 bits per heavy atom. The van der Waals surface area contributed by atoms with Gasteiger partial charge in [0.15, 0.2) is 4.34 Å². The minimum Gasteiger partial charge on any atom is -0.363 e. The van der Waals surface area contributed by atoms with E-state index in [4.69, 9.17) is 23.2 Å². The molecule has 1 amide bonds. The Hall–Kier alpha value is -1.02. The fourth-order valence-electron chi connectivity index (χ4n) is 1.27. The van der Waals surface area contributed by atoms with Crippen LogP contribution in [-0.4, -0.2) is 28.9 Å². The number of amides is 1. The number of hydrogen-bond donors (Lipinski definition) is 2. The minimum absolute atomic E-state index is 0.166. The van der Waals surface area contributed by atoms with Crippen LogP contribution in [0.5, 0.6) is 0 Å². The first kappa shape index (κ1) is 15.4. The van der Waals surface area contributed by atoms with Gasteiger partial charge in [0.1, 0.15) is 0 Å². The number of halogens is 2. The fraction of sp³-hybridized carbons (Fsp3) is 0.182. The van der Waals surface area contributed by atoms with E-state index < -0.39 is 0 Å².